The molecule has 0 radical (unpaired) electrons. The van der Waals surface area contributed by atoms with Gasteiger partial charge in [-0.3, -0.25) is 14.8 Å². The van der Waals surface area contributed by atoms with E-state index in [1.54, 1.807) is 18.6 Å². The number of hydrogen-bond acceptors (Lipinski definition) is 3. The third kappa shape index (κ3) is 2.75. The Bertz CT molecular complexity index is 235. The molecule has 11 heavy (non-hydrogen) atoms. The molecule has 0 aromatic carbocycles. The molecule has 58 valence electrons. The quantitative estimate of drug-likeness (QED) is 0.652. The maximum atomic E-state index is 10.5. The molecule has 0 saturated carbocycles. The summed E-state index contributed by atoms with van der Waals surface area (Å²) >= 11 is 0. The highest BCUT2D eigenvalue weighted by Crippen LogP contribution is 1.87. The lowest BCUT2D eigenvalue weighted by Gasteiger charge is -1.98. The van der Waals surface area contributed by atoms with Crippen molar-refractivity contribution in [3.63, 3.8) is 0 Å². The van der Waals surface area contributed by atoms with E-state index in [1.165, 1.54) is 6.92 Å². The van der Waals surface area contributed by atoms with Crippen molar-refractivity contribution in [2.45, 2.75) is 13.5 Å². The SMILES string of the molecule is CC(=O)NCc1cnccn1. The molecule has 1 aromatic heterocycles. The molecule has 0 fully saturated rings. The first kappa shape index (κ1) is 7.65. The molecule has 0 atom stereocenters. The van der Waals surface area contributed by atoms with Gasteiger partial charge in [-0.1, -0.05) is 0 Å². The van der Waals surface area contributed by atoms with Gasteiger partial charge in [0.2, 0.25) is 5.91 Å². The van der Waals surface area contributed by atoms with Crippen LogP contribution in [0, 0.1) is 0 Å². The maximum Gasteiger partial charge on any atom is 0.217 e. The van der Waals surface area contributed by atoms with Crippen LogP contribution in [0.2, 0.25) is 0 Å². The first-order chi connectivity index (χ1) is 5.29. The fourth-order valence-electron chi connectivity index (χ4n) is 0.636. The van der Waals surface area contributed by atoms with Crippen LogP contribution < -0.4 is 5.32 Å². The molecule has 1 aromatic rings. The number of aromatic nitrogens is 2. The molecule has 0 aliphatic heterocycles. The van der Waals surface area contributed by atoms with Crippen molar-refractivity contribution < 1.29 is 4.79 Å². The monoisotopic (exact) mass is 151 g/mol. The molecule has 1 N–H and O–H groups in total. The summed E-state index contributed by atoms with van der Waals surface area (Å²) in [6, 6.07) is 0. The van der Waals surface area contributed by atoms with E-state index in [0.29, 0.717) is 6.54 Å². The van der Waals surface area contributed by atoms with Crippen LogP contribution in [0.4, 0.5) is 0 Å². The number of nitrogens with one attached hydrogen (secondary N) is 1. The lowest BCUT2D eigenvalue weighted by atomic mass is 10.4. The summed E-state index contributed by atoms with van der Waals surface area (Å²) in [7, 11) is 0. The molecule has 0 aliphatic carbocycles. The van der Waals surface area contributed by atoms with E-state index in [4.69, 9.17) is 0 Å². The summed E-state index contributed by atoms with van der Waals surface area (Å²) in [4.78, 5) is 18.3. The Morgan fingerprint density at radius 2 is 2.45 bits per heavy atom. The van der Waals surface area contributed by atoms with Gasteiger partial charge in [-0.05, 0) is 0 Å². The first-order valence-corrected chi connectivity index (χ1v) is 3.28. The molecule has 0 saturated heterocycles. The van der Waals surface area contributed by atoms with Gasteiger partial charge in [0.1, 0.15) is 0 Å². The standard InChI is InChI=1S/C7H9N3O/c1-6(11)10-5-7-4-8-2-3-9-7/h2-4H,5H2,1H3,(H,10,11). The molecule has 1 heterocycles. The Morgan fingerprint density at radius 3 is 3.00 bits per heavy atom. The van der Waals surface area contributed by atoms with Crippen molar-refractivity contribution in [3.8, 4) is 0 Å². The van der Waals surface area contributed by atoms with Crippen LogP contribution in [0.1, 0.15) is 12.6 Å². The fourth-order valence-corrected chi connectivity index (χ4v) is 0.636. The molecular formula is C7H9N3O. The predicted octanol–water partition coefficient (Wildman–Crippen LogP) is 0.113. The van der Waals surface area contributed by atoms with Crippen molar-refractivity contribution in [1.29, 1.82) is 0 Å². The lowest BCUT2D eigenvalue weighted by Crippen LogP contribution is -2.19. The predicted molar refractivity (Wildman–Crippen MR) is 39.6 cm³/mol. The number of hydrogen-bond donors (Lipinski definition) is 1. The number of nitrogens with zero attached hydrogens (tertiary/aromatic N) is 2. The second-order valence-electron chi connectivity index (χ2n) is 2.11. The topological polar surface area (TPSA) is 54.9 Å². The van der Waals surface area contributed by atoms with Gasteiger partial charge in [0, 0.05) is 19.3 Å². The number of amides is 1. The summed E-state index contributed by atoms with van der Waals surface area (Å²) in [5, 5.41) is 2.62. The van der Waals surface area contributed by atoms with Crippen LogP contribution >= 0.6 is 0 Å². The second-order valence-corrected chi connectivity index (χ2v) is 2.11. The molecule has 4 heteroatoms. The van der Waals surface area contributed by atoms with Gasteiger partial charge >= 0.3 is 0 Å². The van der Waals surface area contributed by atoms with Crippen molar-refractivity contribution >= 4 is 5.91 Å². The highest BCUT2D eigenvalue weighted by Gasteiger charge is 1.93. The molecule has 0 aliphatic rings. The minimum atomic E-state index is -0.0596. The van der Waals surface area contributed by atoms with E-state index in [1.807, 2.05) is 0 Å². The average molecular weight is 151 g/mol. The Morgan fingerprint density at radius 1 is 1.64 bits per heavy atom. The number of carbonyl (C=O) groups excluding carboxylic acids is 1. The minimum absolute atomic E-state index is 0.0596. The average Bonchev–Trinajstić information content (AvgIpc) is 2.03. The molecule has 4 nitrogen and oxygen atoms in total. The van der Waals surface area contributed by atoms with Gasteiger partial charge in [0.15, 0.2) is 0 Å². The number of carbonyl (C=O) groups is 1. The van der Waals surface area contributed by atoms with Gasteiger partial charge in [-0.25, -0.2) is 0 Å². The van der Waals surface area contributed by atoms with Gasteiger partial charge < -0.3 is 5.32 Å². The fraction of sp³-hybridized carbons (Fsp3) is 0.286. The zero-order valence-electron chi connectivity index (χ0n) is 6.24. The minimum Gasteiger partial charge on any atom is -0.351 e. The van der Waals surface area contributed by atoms with Gasteiger partial charge in [0.25, 0.3) is 0 Å². The van der Waals surface area contributed by atoms with Crippen molar-refractivity contribution in [3.05, 3.63) is 24.3 Å². The first-order valence-electron chi connectivity index (χ1n) is 3.28. The van der Waals surface area contributed by atoms with E-state index in [9.17, 15) is 4.79 Å². The number of rotatable bonds is 2. The van der Waals surface area contributed by atoms with Gasteiger partial charge in [0.05, 0.1) is 18.4 Å². The molecular weight excluding hydrogens is 142 g/mol. The Balaban J connectivity index is 2.45. The van der Waals surface area contributed by atoms with Crippen molar-refractivity contribution in [2.75, 3.05) is 0 Å². The zero-order chi connectivity index (χ0) is 8.10. The van der Waals surface area contributed by atoms with Crippen LogP contribution in [-0.2, 0) is 11.3 Å². The molecule has 1 amide bonds. The highest BCUT2D eigenvalue weighted by molar-refractivity contribution is 5.72. The molecule has 0 spiro atoms. The van der Waals surface area contributed by atoms with E-state index in [2.05, 4.69) is 15.3 Å². The van der Waals surface area contributed by atoms with Crippen LogP contribution in [-0.4, -0.2) is 15.9 Å². The van der Waals surface area contributed by atoms with Gasteiger partial charge in [-0.15, -0.1) is 0 Å². The lowest BCUT2D eigenvalue weighted by molar-refractivity contribution is -0.119. The van der Waals surface area contributed by atoms with Gasteiger partial charge in [-0.2, -0.15) is 0 Å². The normalized spacial score (nSPS) is 9.18. The van der Waals surface area contributed by atoms with E-state index < -0.39 is 0 Å². The van der Waals surface area contributed by atoms with Crippen LogP contribution in [0.25, 0.3) is 0 Å². The second kappa shape index (κ2) is 3.65. The molecule has 1 rings (SSSR count). The van der Waals surface area contributed by atoms with E-state index in [-0.39, 0.29) is 5.91 Å². The Labute approximate surface area is 64.7 Å². The Kier molecular flexibility index (Phi) is 2.54. The van der Waals surface area contributed by atoms with Crippen molar-refractivity contribution in [2.24, 2.45) is 0 Å². The van der Waals surface area contributed by atoms with Crippen LogP contribution in [0.3, 0.4) is 0 Å². The molecule has 0 unspecified atom stereocenters. The van der Waals surface area contributed by atoms with Crippen LogP contribution in [0.15, 0.2) is 18.6 Å². The summed E-state index contributed by atoms with van der Waals surface area (Å²) < 4.78 is 0. The molecule has 0 bridgehead atoms. The van der Waals surface area contributed by atoms with E-state index >= 15 is 0 Å². The van der Waals surface area contributed by atoms with Crippen molar-refractivity contribution in [1.82, 2.24) is 15.3 Å². The highest BCUT2D eigenvalue weighted by atomic mass is 16.1. The Hall–Kier alpha value is -1.45. The zero-order valence-corrected chi connectivity index (χ0v) is 6.24. The smallest absolute Gasteiger partial charge is 0.217 e. The summed E-state index contributed by atoms with van der Waals surface area (Å²) in [5.41, 5.74) is 0.766. The summed E-state index contributed by atoms with van der Waals surface area (Å²) in [6.45, 7) is 1.92. The summed E-state index contributed by atoms with van der Waals surface area (Å²) in [6.07, 6.45) is 4.81. The van der Waals surface area contributed by atoms with E-state index in [0.717, 1.165) is 5.69 Å². The largest absolute Gasteiger partial charge is 0.351 e. The van der Waals surface area contributed by atoms with Crippen LogP contribution in [0.5, 0.6) is 0 Å². The third-order valence-electron chi connectivity index (χ3n) is 1.14. The maximum absolute atomic E-state index is 10.5. The summed E-state index contributed by atoms with van der Waals surface area (Å²) in [5.74, 6) is -0.0596. The third-order valence-corrected chi connectivity index (χ3v) is 1.14.